The van der Waals surface area contributed by atoms with Crippen LogP contribution in [0, 0.1) is 6.92 Å². The summed E-state index contributed by atoms with van der Waals surface area (Å²) < 4.78 is 5.41. The van der Waals surface area contributed by atoms with E-state index in [9.17, 15) is 4.79 Å². The third kappa shape index (κ3) is 5.13. The van der Waals surface area contributed by atoms with Gasteiger partial charge in [-0.15, -0.1) is 0 Å². The Morgan fingerprint density at radius 1 is 1.45 bits per heavy atom. The summed E-state index contributed by atoms with van der Waals surface area (Å²) in [6.07, 6.45) is 2.58. The molecule has 0 saturated heterocycles. The molecule has 1 N–H and O–H groups in total. The van der Waals surface area contributed by atoms with E-state index in [1.807, 2.05) is 34.9 Å². The van der Waals surface area contributed by atoms with Gasteiger partial charge in [-0.3, -0.25) is 4.79 Å². The van der Waals surface area contributed by atoms with Crippen LogP contribution in [0.3, 0.4) is 0 Å². The molecule has 6 nitrogen and oxygen atoms in total. The monoisotopic (exact) mass is 280 g/mol. The van der Waals surface area contributed by atoms with Crippen LogP contribution >= 0.6 is 0 Å². The van der Waals surface area contributed by atoms with Gasteiger partial charge in [0, 0.05) is 33.4 Å². The number of nitrogens with one attached hydrogen (secondary N) is 1. The van der Waals surface area contributed by atoms with E-state index >= 15 is 0 Å². The molecular formula is C14H24N4O2. The normalized spacial score (nSPS) is 10.7. The van der Waals surface area contributed by atoms with Crippen molar-refractivity contribution >= 4 is 11.9 Å². The number of rotatable bonds is 7. The van der Waals surface area contributed by atoms with Crippen LogP contribution in [0.15, 0.2) is 6.20 Å². The van der Waals surface area contributed by atoms with Gasteiger partial charge < -0.3 is 15.0 Å². The van der Waals surface area contributed by atoms with E-state index in [0.29, 0.717) is 30.4 Å². The van der Waals surface area contributed by atoms with Gasteiger partial charge in [0.15, 0.2) is 0 Å². The first kappa shape index (κ1) is 16.4. The first-order valence-electron chi connectivity index (χ1n) is 6.82. The van der Waals surface area contributed by atoms with Gasteiger partial charge in [-0.2, -0.15) is 0 Å². The van der Waals surface area contributed by atoms with Gasteiger partial charge in [0.05, 0.1) is 17.4 Å². The zero-order chi connectivity index (χ0) is 15.1. The van der Waals surface area contributed by atoms with Gasteiger partial charge in [0.25, 0.3) is 5.91 Å². The number of hydrogen-bond acceptors (Lipinski definition) is 5. The van der Waals surface area contributed by atoms with E-state index in [-0.39, 0.29) is 12.0 Å². The van der Waals surface area contributed by atoms with Crippen molar-refractivity contribution in [3.8, 4) is 0 Å². The highest BCUT2D eigenvalue weighted by Crippen LogP contribution is 2.08. The minimum absolute atomic E-state index is 0.141. The second kappa shape index (κ2) is 7.79. The van der Waals surface area contributed by atoms with Gasteiger partial charge >= 0.3 is 0 Å². The summed E-state index contributed by atoms with van der Waals surface area (Å²) in [6, 6.07) is 0. The van der Waals surface area contributed by atoms with Crippen LogP contribution < -0.4 is 10.2 Å². The lowest BCUT2D eigenvalue weighted by atomic mass is 10.2. The van der Waals surface area contributed by atoms with Crippen LogP contribution in [0.5, 0.6) is 0 Å². The second-order valence-corrected chi connectivity index (χ2v) is 5.09. The summed E-state index contributed by atoms with van der Waals surface area (Å²) in [5.41, 5.74) is 1.19. The number of carbonyl (C=O) groups is 1. The van der Waals surface area contributed by atoms with Crippen LogP contribution in [0.4, 0.5) is 5.95 Å². The van der Waals surface area contributed by atoms with Crippen molar-refractivity contribution in [1.29, 1.82) is 0 Å². The molecule has 1 aromatic heterocycles. The molecule has 0 bridgehead atoms. The summed E-state index contributed by atoms with van der Waals surface area (Å²) in [5.74, 6) is 0.460. The maximum atomic E-state index is 12.0. The average molecular weight is 280 g/mol. The fourth-order valence-electron chi connectivity index (χ4n) is 1.58. The summed E-state index contributed by atoms with van der Waals surface area (Å²) in [4.78, 5) is 22.2. The quantitative estimate of drug-likeness (QED) is 0.765. The first-order chi connectivity index (χ1) is 9.41. The van der Waals surface area contributed by atoms with E-state index in [0.717, 1.165) is 6.42 Å². The van der Waals surface area contributed by atoms with Crippen LogP contribution in [-0.4, -0.2) is 49.2 Å². The third-order valence-corrected chi connectivity index (χ3v) is 2.67. The van der Waals surface area contributed by atoms with Crippen molar-refractivity contribution in [2.45, 2.75) is 33.3 Å². The number of nitrogens with zero attached hydrogens (tertiary/aromatic N) is 3. The minimum atomic E-state index is -0.141. The molecule has 0 fully saturated rings. The second-order valence-electron chi connectivity index (χ2n) is 5.09. The lowest BCUT2D eigenvalue weighted by Gasteiger charge is -2.12. The fourth-order valence-corrected chi connectivity index (χ4v) is 1.58. The van der Waals surface area contributed by atoms with Gasteiger partial charge in [0.2, 0.25) is 5.95 Å². The van der Waals surface area contributed by atoms with Crippen LogP contribution in [-0.2, 0) is 4.74 Å². The lowest BCUT2D eigenvalue weighted by Crippen LogP contribution is -2.27. The van der Waals surface area contributed by atoms with Crippen molar-refractivity contribution in [3.63, 3.8) is 0 Å². The zero-order valence-corrected chi connectivity index (χ0v) is 12.9. The Bertz CT molecular complexity index is 447. The molecule has 20 heavy (non-hydrogen) atoms. The molecule has 0 saturated carbocycles. The minimum Gasteiger partial charge on any atom is -0.379 e. The highest BCUT2D eigenvalue weighted by molar-refractivity contribution is 5.94. The van der Waals surface area contributed by atoms with E-state index in [4.69, 9.17) is 4.74 Å². The number of carbonyl (C=O) groups excluding carboxylic acids is 1. The largest absolute Gasteiger partial charge is 0.379 e. The summed E-state index contributed by atoms with van der Waals surface area (Å²) >= 11 is 0. The molecule has 1 heterocycles. The molecule has 1 aromatic rings. The molecule has 0 aliphatic heterocycles. The third-order valence-electron chi connectivity index (χ3n) is 2.67. The van der Waals surface area contributed by atoms with Gasteiger partial charge in [0.1, 0.15) is 0 Å². The zero-order valence-electron chi connectivity index (χ0n) is 12.9. The number of ether oxygens (including phenoxy) is 1. The Balaban J connectivity index is 2.47. The molecule has 1 amide bonds. The average Bonchev–Trinajstić information content (AvgIpc) is 2.37. The summed E-state index contributed by atoms with van der Waals surface area (Å²) in [5, 5.41) is 2.85. The molecule has 0 atom stereocenters. The Morgan fingerprint density at radius 2 is 2.15 bits per heavy atom. The molecule has 0 unspecified atom stereocenters. The molecule has 112 valence electrons. The molecule has 6 heteroatoms. The predicted molar refractivity (Wildman–Crippen MR) is 79.1 cm³/mol. The highest BCUT2D eigenvalue weighted by atomic mass is 16.5. The number of aromatic nitrogens is 2. The van der Waals surface area contributed by atoms with Crippen LogP contribution in [0.1, 0.15) is 36.3 Å². The standard InChI is InChI=1S/C14H24N4O2/c1-10(2)20-8-6-7-15-13(19)12-9-16-14(18(4)5)17-11(12)3/h9-10H,6-8H2,1-5H3,(H,15,19). The summed E-state index contributed by atoms with van der Waals surface area (Å²) in [7, 11) is 3.73. The van der Waals surface area contributed by atoms with Crippen molar-refractivity contribution in [2.24, 2.45) is 0 Å². The maximum Gasteiger partial charge on any atom is 0.254 e. The van der Waals surface area contributed by atoms with Crippen molar-refractivity contribution in [1.82, 2.24) is 15.3 Å². The highest BCUT2D eigenvalue weighted by Gasteiger charge is 2.11. The Hall–Kier alpha value is -1.69. The van der Waals surface area contributed by atoms with Gasteiger partial charge in [-0.05, 0) is 27.2 Å². The maximum absolute atomic E-state index is 12.0. The van der Waals surface area contributed by atoms with Crippen LogP contribution in [0.2, 0.25) is 0 Å². The molecule has 1 rings (SSSR count). The van der Waals surface area contributed by atoms with E-state index in [2.05, 4.69) is 15.3 Å². The van der Waals surface area contributed by atoms with Crippen molar-refractivity contribution < 1.29 is 9.53 Å². The van der Waals surface area contributed by atoms with Crippen molar-refractivity contribution in [2.75, 3.05) is 32.1 Å². The smallest absolute Gasteiger partial charge is 0.254 e. The Labute approximate surface area is 120 Å². The molecule has 0 spiro atoms. The Morgan fingerprint density at radius 3 is 2.70 bits per heavy atom. The van der Waals surface area contributed by atoms with E-state index in [1.54, 1.807) is 11.1 Å². The molecule has 0 aromatic carbocycles. The molecular weight excluding hydrogens is 256 g/mol. The van der Waals surface area contributed by atoms with Crippen molar-refractivity contribution in [3.05, 3.63) is 17.5 Å². The van der Waals surface area contributed by atoms with E-state index in [1.165, 1.54) is 0 Å². The number of anilines is 1. The molecule has 0 radical (unpaired) electrons. The summed E-state index contributed by atoms with van der Waals surface area (Å²) in [6.45, 7) is 7.02. The lowest BCUT2D eigenvalue weighted by molar-refractivity contribution is 0.0757. The fraction of sp³-hybridized carbons (Fsp3) is 0.643. The number of hydrogen-bond donors (Lipinski definition) is 1. The Kier molecular flexibility index (Phi) is 6.38. The topological polar surface area (TPSA) is 67.4 Å². The van der Waals surface area contributed by atoms with Crippen LogP contribution in [0.25, 0.3) is 0 Å². The number of aryl methyl sites for hydroxylation is 1. The number of amides is 1. The SMILES string of the molecule is Cc1nc(N(C)C)ncc1C(=O)NCCCOC(C)C. The molecule has 0 aliphatic carbocycles. The van der Waals surface area contributed by atoms with Gasteiger partial charge in [-0.1, -0.05) is 0 Å². The van der Waals surface area contributed by atoms with Gasteiger partial charge in [-0.25, -0.2) is 9.97 Å². The predicted octanol–water partition coefficient (Wildman–Crippen LogP) is 1.40. The molecule has 0 aliphatic rings. The first-order valence-corrected chi connectivity index (χ1v) is 6.82. The van der Waals surface area contributed by atoms with E-state index < -0.39 is 0 Å².